The fourth-order valence-electron chi connectivity index (χ4n) is 2.35. The smallest absolute Gasteiger partial charge is 0.249 e. The van der Waals surface area contributed by atoms with E-state index in [1.54, 1.807) is 6.20 Å². The third-order valence-corrected chi connectivity index (χ3v) is 4.56. The lowest BCUT2D eigenvalue weighted by Crippen LogP contribution is -2.33. The van der Waals surface area contributed by atoms with Gasteiger partial charge in [-0.3, -0.25) is 0 Å². The van der Waals surface area contributed by atoms with E-state index < -0.39 is 5.92 Å². The maximum atomic E-state index is 12.9. The van der Waals surface area contributed by atoms with Crippen molar-refractivity contribution in [3.63, 3.8) is 0 Å². The first kappa shape index (κ1) is 13.8. The second-order valence-electron chi connectivity index (χ2n) is 5.02. The molecule has 0 bridgehead atoms. The zero-order valence-corrected chi connectivity index (χ0v) is 12.1. The first-order valence-electron chi connectivity index (χ1n) is 6.34. The number of anilines is 1. The van der Waals surface area contributed by atoms with Gasteiger partial charge in [-0.25, -0.2) is 13.8 Å². The number of alkyl halides is 2. The van der Waals surface area contributed by atoms with Crippen LogP contribution in [0.2, 0.25) is 4.47 Å². The first-order chi connectivity index (χ1) is 9.52. The summed E-state index contributed by atoms with van der Waals surface area (Å²) < 4.78 is 26.3. The third kappa shape index (κ3) is 3.10. The predicted octanol–water partition coefficient (Wildman–Crippen LogP) is 4.92. The average Bonchev–Trinajstić information content (AvgIpc) is 2.80. The summed E-state index contributed by atoms with van der Waals surface area (Å²) in [4.78, 5) is 5.01. The second kappa shape index (κ2) is 5.30. The zero-order valence-electron chi connectivity index (χ0n) is 10.6. The van der Waals surface area contributed by atoms with Gasteiger partial charge in [-0.1, -0.05) is 23.7 Å². The maximum Gasteiger partial charge on any atom is 0.249 e. The summed E-state index contributed by atoms with van der Waals surface area (Å²) >= 11 is 7.20. The monoisotopic (exact) mass is 314 g/mol. The van der Waals surface area contributed by atoms with Crippen LogP contribution in [0.15, 0.2) is 30.5 Å². The van der Waals surface area contributed by atoms with Gasteiger partial charge in [0.1, 0.15) is 0 Å². The molecule has 1 aliphatic rings. The molecule has 0 unspecified atom stereocenters. The van der Waals surface area contributed by atoms with Gasteiger partial charge in [0.15, 0.2) is 4.47 Å². The van der Waals surface area contributed by atoms with Gasteiger partial charge in [0.2, 0.25) is 5.92 Å². The summed E-state index contributed by atoms with van der Waals surface area (Å²) in [5.41, 5.74) is 1.91. The lowest BCUT2D eigenvalue weighted by Gasteiger charge is -2.35. The van der Waals surface area contributed by atoms with E-state index >= 15 is 0 Å². The number of benzene rings is 1. The van der Waals surface area contributed by atoms with Crippen molar-refractivity contribution in [2.75, 3.05) is 5.32 Å². The molecule has 1 N–H and O–H groups in total. The number of thiazole rings is 1. The van der Waals surface area contributed by atoms with Crippen molar-refractivity contribution in [1.29, 1.82) is 0 Å². The van der Waals surface area contributed by atoms with Crippen molar-refractivity contribution in [3.05, 3.63) is 45.4 Å². The Morgan fingerprint density at radius 1 is 1.40 bits per heavy atom. The zero-order chi connectivity index (χ0) is 14.2. The van der Waals surface area contributed by atoms with Gasteiger partial charge in [0, 0.05) is 29.6 Å². The predicted molar refractivity (Wildman–Crippen MR) is 77.8 cm³/mol. The summed E-state index contributed by atoms with van der Waals surface area (Å²) in [6.45, 7) is 0.634. The molecular weight excluding hydrogens is 302 g/mol. The van der Waals surface area contributed by atoms with Gasteiger partial charge in [-0.2, -0.15) is 0 Å². The van der Waals surface area contributed by atoms with Crippen molar-refractivity contribution in [2.24, 2.45) is 0 Å². The highest BCUT2D eigenvalue weighted by atomic mass is 35.5. The van der Waals surface area contributed by atoms with E-state index in [0.717, 1.165) is 16.1 Å². The van der Waals surface area contributed by atoms with Crippen molar-refractivity contribution < 1.29 is 8.78 Å². The second-order valence-corrected chi connectivity index (χ2v) is 6.72. The van der Waals surface area contributed by atoms with Crippen LogP contribution in [-0.4, -0.2) is 10.9 Å². The quantitative estimate of drug-likeness (QED) is 0.866. The molecule has 1 aliphatic carbocycles. The summed E-state index contributed by atoms with van der Waals surface area (Å²) in [7, 11) is 0. The molecule has 0 saturated heterocycles. The Morgan fingerprint density at radius 3 is 2.85 bits per heavy atom. The summed E-state index contributed by atoms with van der Waals surface area (Å²) in [6, 6.07) is 7.69. The number of hydrogen-bond acceptors (Lipinski definition) is 3. The number of nitrogens with one attached hydrogen (secondary N) is 1. The molecule has 3 rings (SSSR count). The van der Waals surface area contributed by atoms with E-state index in [-0.39, 0.29) is 18.8 Å². The Balaban J connectivity index is 1.63. The van der Waals surface area contributed by atoms with Gasteiger partial charge in [-0.15, -0.1) is 11.3 Å². The van der Waals surface area contributed by atoms with Crippen molar-refractivity contribution >= 4 is 28.6 Å². The molecule has 0 atom stereocenters. The number of hydrogen-bond donors (Lipinski definition) is 1. The fraction of sp³-hybridized carbons (Fsp3) is 0.357. The van der Waals surface area contributed by atoms with Crippen LogP contribution in [-0.2, 0) is 6.54 Å². The highest BCUT2D eigenvalue weighted by Gasteiger charge is 2.45. The molecule has 0 radical (unpaired) electrons. The molecule has 0 spiro atoms. The molecule has 1 aromatic heterocycles. The Labute approximate surface area is 124 Å². The van der Waals surface area contributed by atoms with E-state index in [9.17, 15) is 8.78 Å². The molecule has 1 aromatic carbocycles. The van der Waals surface area contributed by atoms with Gasteiger partial charge < -0.3 is 5.32 Å². The van der Waals surface area contributed by atoms with Crippen molar-refractivity contribution in [2.45, 2.75) is 31.2 Å². The lowest BCUT2D eigenvalue weighted by atomic mass is 9.77. The Bertz CT molecular complexity index is 607. The van der Waals surface area contributed by atoms with Crippen LogP contribution >= 0.6 is 22.9 Å². The van der Waals surface area contributed by atoms with Gasteiger partial charge in [0.25, 0.3) is 0 Å². The molecule has 106 valence electrons. The molecule has 2 nitrogen and oxygen atoms in total. The normalized spacial score (nSPS) is 17.8. The molecule has 20 heavy (non-hydrogen) atoms. The van der Waals surface area contributed by atoms with E-state index in [0.29, 0.717) is 11.0 Å². The largest absolute Gasteiger partial charge is 0.380 e. The molecule has 1 heterocycles. The van der Waals surface area contributed by atoms with E-state index in [1.165, 1.54) is 11.3 Å². The Morgan fingerprint density at radius 2 is 2.20 bits per heavy atom. The van der Waals surface area contributed by atoms with Gasteiger partial charge in [-0.05, 0) is 23.6 Å². The highest BCUT2D eigenvalue weighted by Crippen LogP contribution is 2.48. The van der Waals surface area contributed by atoms with E-state index in [2.05, 4.69) is 10.3 Å². The van der Waals surface area contributed by atoms with Crippen molar-refractivity contribution in [3.8, 4) is 0 Å². The minimum atomic E-state index is -2.48. The number of rotatable bonds is 4. The average molecular weight is 315 g/mol. The molecule has 1 saturated carbocycles. The number of nitrogens with zero attached hydrogens (tertiary/aromatic N) is 1. The minimum Gasteiger partial charge on any atom is -0.380 e. The lowest BCUT2D eigenvalue weighted by molar-refractivity contribution is -0.0867. The Kier molecular flexibility index (Phi) is 3.65. The van der Waals surface area contributed by atoms with E-state index in [4.69, 9.17) is 11.6 Å². The standard InChI is InChI=1S/C14H13ClF2N2S/c15-13-19-8-12(20-13)7-18-11-3-1-2-9(4-11)10-5-14(16,17)6-10/h1-4,8,10,18H,5-7H2. The maximum absolute atomic E-state index is 12.9. The minimum absolute atomic E-state index is 0.0235. The van der Waals surface area contributed by atoms with Crippen LogP contribution < -0.4 is 5.32 Å². The van der Waals surface area contributed by atoms with Crippen LogP contribution in [0.1, 0.15) is 29.2 Å². The SMILES string of the molecule is FC1(F)CC(c2cccc(NCc3cnc(Cl)s3)c2)C1. The molecule has 6 heteroatoms. The van der Waals surface area contributed by atoms with E-state index in [1.807, 2.05) is 24.3 Å². The molecule has 2 aromatic rings. The summed E-state index contributed by atoms with van der Waals surface area (Å²) in [5, 5.41) is 3.26. The van der Waals surface area contributed by atoms with Crippen LogP contribution in [0, 0.1) is 0 Å². The van der Waals surface area contributed by atoms with Crippen LogP contribution in [0.5, 0.6) is 0 Å². The first-order valence-corrected chi connectivity index (χ1v) is 7.53. The highest BCUT2D eigenvalue weighted by molar-refractivity contribution is 7.15. The van der Waals surface area contributed by atoms with Gasteiger partial charge >= 0.3 is 0 Å². The molecule has 1 fully saturated rings. The molecule has 0 amide bonds. The van der Waals surface area contributed by atoms with Crippen molar-refractivity contribution in [1.82, 2.24) is 4.98 Å². The number of halogens is 3. The van der Waals surface area contributed by atoms with Crippen LogP contribution in [0.4, 0.5) is 14.5 Å². The molecule has 0 aliphatic heterocycles. The number of aromatic nitrogens is 1. The van der Waals surface area contributed by atoms with Crippen LogP contribution in [0.3, 0.4) is 0 Å². The van der Waals surface area contributed by atoms with Crippen LogP contribution in [0.25, 0.3) is 0 Å². The van der Waals surface area contributed by atoms with Gasteiger partial charge in [0.05, 0.1) is 6.54 Å². The Hall–Kier alpha value is -1.20. The summed E-state index contributed by atoms with van der Waals surface area (Å²) in [6.07, 6.45) is 1.65. The topological polar surface area (TPSA) is 24.9 Å². The third-order valence-electron chi connectivity index (χ3n) is 3.44. The fourth-order valence-corrected chi connectivity index (χ4v) is 3.27. The molecular formula is C14H13ClF2N2S. The summed E-state index contributed by atoms with van der Waals surface area (Å²) in [5.74, 6) is -2.50.